The van der Waals surface area contributed by atoms with Crippen LogP contribution in [0, 0.1) is 6.92 Å². The van der Waals surface area contributed by atoms with Gasteiger partial charge in [0.2, 0.25) is 0 Å². The Morgan fingerprint density at radius 3 is 2.60 bits per heavy atom. The lowest BCUT2D eigenvalue weighted by atomic mass is 10.0. The predicted molar refractivity (Wildman–Crippen MR) is 78.8 cm³/mol. The summed E-state index contributed by atoms with van der Waals surface area (Å²) < 4.78 is 7.54. The lowest BCUT2D eigenvalue weighted by molar-refractivity contribution is 0.241. The van der Waals surface area contributed by atoms with Gasteiger partial charge in [0.1, 0.15) is 5.75 Å². The van der Waals surface area contributed by atoms with Crippen LogP contribution in [0.2, 0.25) is 0 Å². The van der Waals surface area contributed by atoms with Gasteiger partial charge in [0.25, 0.3) is 0 Å². The van der Waals surface area contributed by atoms with Crippen LogP contribution in [0.5, 0.6) is 5.75 Å². The van der Waals surface area contributed by atoms with Gasteiger partial charge in [-0.1, -0.05) is 0 Å². The Labute approximate surface area is 120 Å². The van der Waals surface area contributed by atoms with Crippen LogP contribution in [-0.4, -0.2) is 27.9 Å². The molecule has 0 amide bonds. The fraction of sp³-hybridized carbons (Fsp3) is 0.467. The van der Waals surface area contributed by atoms with E-state index in [2.05, 4.69) is 15.4 Å². The molecule has 1 unspecified atom stereocenters. The molecule has 20 heavy (non-hydrogen) atoms. The van der Waals surface area contributed by atoms with Crippen LogP contribution in [-0.2, 0) is 7.05 Å². The van der Waals surface area contributed by atoms with Crippen molar-refractivity contribution in [2.24, 2.45) is 7.05 Å². The molecule has 0 radical (unpaired) electrons. The molecule has 0 spiro atoms. The van der Waals surface area contributed by atoms with Gasteiger partial charge < -0.3 is 10.1 Å². The SMILES string of the molecule is CNC(c1cncc(OC(C)C)c1)c1cn(C)nc1C. The topological polar surface area (TPSA) is 52.0 Å². The van der Waals surface area contributed by atoms with Crippen molar-refractivity contribution in [3.05, 3.63) is 41.5 Å². The zero-order valence-electron chi connectivity index (χ0n) is 12.7. The zero-order chi connectivity index (χ0) is 14.7. The summed E-state index contributed by atoms with van der Waals surface area (Å²) in [5.74, 6) is 0.791. The largest absolute Gasteiger partial charge is 0.489 e. The molecule has 2 rings (SSSR count). The monoisotopic (exact) mass is 274 g/mol. The van der Waals surface area contributed by atoms with E-state index in [1.54, 1.807) is 6.20 Å². The van der Waals surface area contributed by atoms with Crippen molar-refractivity contribution >= 4 is 0 Å². The van der Waals surface area contributed by atoms with Crippen LogP contribution in [0.25, 0.3) is 0 Å². The average Bonchev–Trinajstić information content (AvgIpc) is 2.69. The normalized spacial score (nSPS) is 12.7. The first-order valence-electron chi connectivity index (χ1n) is 6.80. The minimum atomic E-state index is 0.0620. The van der Waals surface area contributed by atoms with E-state index in [1.165, 1.54) is 0 Å². The molecule has 1 atom stereocenters. The van der Waals surface area contributed by atoms with Gasteiger partial charge in [-0.05, 0) is 39.4 Å². The summed E-state index contributed by atoms with van der Waals surface area (Å²) in [6.45, 7) is 6.03. The molecule has 0 aliphatic heterocycles. The second kappa shape index (κ2) is 6.05. The molecule has 2 heterocycles. The van der Waals surface area contributed by atoms with Gasteiger partial charge in [-0.3, -0.25) is 9.67 Å². The van der Waals surface area contributed by atoms with E-state index >= 15 is 0 Å². The third-order valence-corrected chi connectivity index (χ3v) is 3.09. The standard InChI is InChI=1S/C15H22N4O/c1-10(2)20-13-6-12(7-17-8-13)15(16-4)14-9-19(5)18-11(14)3/h6-10,15-16H,1-5H3. The lowest BCUT2D eigenvalue weighted by Crippen LogP contribution is -2.18. The fourth-order valence-electron chi connectivity index (χ4n) is 2.33. The molecule has 0 aromatic carbocycles. The fourth-order valence-corrected chi connectivity index (χ4v) is 2.33. The maximum Gasteiger partial charge on any atom is 0.138 e. The first kappa shape index (κ1) is 14.5. The number of aromatic nitrogens is 3. The van der Waals surface area contributed by atoms with Crippen molar-refractivity contribution < 1.29 is 4.74 Å². The number of nitrogens with zero attached hydrogens (tertiary/aromatic N) is 3. The molecule has 0 saturated heterocycles. The third kappa shape index (κ3) is 3.17. The van der Waals surface area contributed by atoms with Crippen molar-refractivity contribution in [1.29, 1.82) is 0 Å². The van der Waals surface area contributed by atoms with Crippen LogP contribution in [0.1, 0.15) is 36.7 Å². The number of aryl methyl sites for hydroxylation is 2. The Morgan fingerprint density at radius 2 is 2.05 bits per heavy atom. The first-order valence-corrected chi connectivity index (χ1v) is 6.80. The smallest absolute Gasteiger partial charge is 0.138 e. The van der Waals surface area contributed by atoms with Crippen LogP contribution in [0.4, 0.5) is 0 Å². The third-order valence-electron chi connectivity index (χ3n) is 3.09. The van der Waals surface area contributed by atoms with E-state index < -0.39 is 0 Å². The van der Waals surface area contributed by atoms with Crippen molar-refractivity contribution in [3.63, 3.8) is 0 Å². The van der Waals surface area contributed by atoms with Crippen LogP contribution in [0.3, 0.4) is 0 Å². The molecular formula is C15H22N4O. The van der Waals surface area contributed by atoms with Crippen molar-refractivity contribution in [1.82, 2.24) is 20.1 Å². The zero-order valence-corrected chi connectivity index (χ0v) is 12.7. The molecule has 0 aliphatic rings. The number of ether oxygens (including phenoxy) is 1. The molecule has 0 bridgehead atoms. The van der Waals surface area contributed by atoms with Gasteiger partial charge in [-0.2, -0.15) is 5.10 Å². The van der Waals surface area contributed by atoms with Gasteiger partial charge >= 0.3 is 0 Å². The van der Waals surface area contributed by atoms with Gasteiger partial charge in [0, 0.05) is 25.0 Å². The quantitative estimate of drug-likeness (QED) is 0.908. The van der Waals surface area contributed by atoms with Gasteiger partial charge in [-0.25, -0.2) is 0 Å². The highest BCUT2D eigenvalue weighted by atomic mass is 16.5. The van der Waals surface area contributed by atoms with Crippen LogP contribution >= 0.6 is 0 Å². The number of hydrogen-bond donors (Lipinski definition) is 1. The molecule has 108 valence electrons. The van der Waals surface area contributed by atoms with Crippen molar-refractivity contribution in [3.8, 4) is 5.75 Å². The van der Waals surface area contributed by atoms with Crippen LogP contribution < -0.4 is 10.1 Å². The molecule has 2 aromatic rings. The van der Waals surface area contributed by atoms with E-state index in [4.69, 9.17) is 4.74 Å². The highest BCUT2D eigenvalue weighted by Crippen LogP contribution is 2.26. The lowest BCUT2D eigenvalue weighted by Gasteiger charge is -2.17. The van der Waals surface area contributed by atoms with Crippen molar-refractivity contribution in [2.45, 2.75) is 32.9 Å². The summed E-state index contributed by atoms with van der Waals surface area (Å²) in [7, 11) is 3.87. The average molecular weight is 274 g/mol. The maximum atomic E-state index is 5.71. The number of nitrogens with one attached hydrogen (secondary N) is 1. The summed E-state index contributed by atoms with van der Waals surface area (Å²) in [5.41, 5.74) is 3.24. The van der Waals surface area contributed by atoms with Gasteiger partial charge in [0.15, 0.2) is 0 Å². The van der Waals surface area contributed by atoms with Crippen molar-refractivity contribution in [2.75, 3.05) is 7.05 Å². The Balaban J connectivity index is 2.34. The molecule has 5 nitrogen and oxygen atoms in total. The summed E-state index contributed by atoms with van der Waals surface area (Å²) in [6.07, 6.45) is 5.78. The molecule has 0 fully saturated rings. The van der Waals surface area contributed by atoms with E-state index in [0.29, 0.717) is 0 Å². The Kier molecular flexibility index (Phi) is 4.39. The second-order valence-corrected chi connectivity index (χ2v) is 5.19. The first-order chi connectivity index (χ1) is 9.51. The molecule has 0 saturated carbocycles. The molecule has 2 aromatic heterocycles. The van der Waals surface area contributed by atoms with Gasteiger partial charge in [-0.15, -0.1) is 0 Å². The molecule has 1 N–H and O–H groups in total. The Morgan fingerprint density at radius 1 is 1.30 bits per heavy atom. The minimum absolute atomic E-state index is 0.0620. The molecular weight excluding hydrogens is 252 g/mol. The van der Waals surface area contributed by atoms with Crippen LogP contribution in [0.15, 0.2) is 24.7 Å². The van der Waals surface area contributed by atoms with E-state index in [-0.39, 0.29) is 12.1 Å². The summed E-state index contributed by atoms with van der Waals surface area (Å²) in [6, 6.07) is 2.09. The summed E-state index contributed by atoms with van der Waals surface area (Å²) >= 11 is 0. The number of rotatable bonds is 5. The summed E-state index contributed by atoms with van der Waals surface area (Å²) in [4.78, 5) is 4.28. The van der Waals surface area contributed by atoms with E-state index in [1.807, 2.05) is 58.0 Å². The second-order valence-electron chi connectivity index (χ2n) is 5.19. The number of hydrogen-bond acceptors (Lipinski definition) is 4. The maximum absolute atomic E-state index is 5.71. The Bertz CT molecular complexity index is 577. The molecule has 5 heteroatoms. The summed E-state index contributed by atoms with van der Waals surface area (Å²) in [5, 5.41) is 7.72. The van der Waals surface area contributed by atoms with Gasteiger partial charge in [0.05, 0.1) is 24.0 Å². The van der Waals surface area contributed by atoms with E-state index in [9.17, 15) is 0 Å². The highest BCUT2D eigenvalue weighted by Gasteiger charge is 2.18. The molecule has 0 aliphatic carbocycles. The highest BCUT2D eigenvalue weighted by molar-refractivity contribution is 5.34. The van der Waals surface area contributed by atoms with E-state index in [0.717, 1.165) is 22.6 Å². The predicted octanol–water partition coefficient (Wildman–Crippen LogP) is 2.22. The Hall–Kier alpha value is -1.88. The minimum Gasteiger partial charge on any atom is -0.489 e. The number of pyridine rings is 1.